The van der Waals surface area contributed by atoms with Gasteiger partial charge in [0.2, 0.25) is 0 Å². The molecule has 11 atom stereocenters. The fraction of sp³-hybridized carbons (Fsp3) is 1.00. The third-order valence-corrected chi connectivity index (χ3v) is 7.65. The highest BCUT2D eigenvalue weighted by Gasteiger charge is 2.54. The molecule has 8 N–H and O–H groups in total. The van der Waals surface area contributed by atoms with Crippen LogP contribution >= 0.6 is 0 Å². The van der Waals surface area contributed by atoms with Crippen LogP contribution in [0.4, 0.5) is 0 Å². The normalized spacial score (nSPS) is 53.7. The Morgan fingerprint density at radius 3 is 2.19 bits per heavy atom. The molecule has 0 bridgehead atoms. The molecule has 2 saturated heterocycles. The van der Waals surface area contributed by atoms with Crippen LogP contribution < -0.4 is 0 Å². The van der Waals surface area contributed by atoms with Crippen LogP contribution in [0, 0.1) is 11.8 Å². The Kier molecular flexibility index (Phi) is 7.54. The van der Waals surface area contributed by atoms with Gasteiger partial charge in [0.1, 0.15) is 30.5 Å². The number of rotatable bonds is 4. The zero-order valence-electron chi connectivity index (χ0n) is 17.6. The molecule has 0 radical (unpaired) electrons. The quantitative estimate of drug-likeness (QED) is 0.229. The Balaban J connectivity index is 1.52. The van der Waals surface area contributed by atoms with Gasteiger partial charge in [-0.2, -0.15) is 0 Å². The molecular weight excluding hydrogens is 412 g/mol. The molecule has 2 aliphatic heterocycles. The fourth-order valence-corrected chi connectivity index (χ4v) is 5.83. The van der Waals surface area contributed by atoms with E-state index in [9.17, 15) is 35.7 Å². The molecule has 0 aromatic carbocycles. The van der Waals surface area contributed by atoms with E-state index < -0.39 is 55.6 Å². The summed E-state index contributed by atoms with van der Waals surface area (Å²) in [6.45, 7) is -0.537. The summed E-state index contributed by atoms with van der Waals surface area (Å²) in [6, 6.07) is 0. The van der Waals surface area contributed by atoms with Gasteiger partial charge in [-0.25, -0.2) is 0 Å². The Morgan fingerprint density at radius 2 is 1.52 bits per heavy atom. The van der Waals surface area contributed by atoms with Crippen molar-refractivity contribution in [3.8, 4) is 0 Å². The lowest BCUT2D eigenvalue weighted by Crippen LogP contribution is -2.62. The molecule has 2 heterocycles. The van der Waals surface area contributed by atoms with E-state index >= 15 is 0 Å². The molecule has 0 aromatic heterocycles. The lowest BCUT2D eigenvalue weighted by molar-refractivity contribution is -0.355. The monoisotopic (exact) mass is 449 g/mol. The average molecular weight is 450 g/mol. The lowest BCUT2D eigenvalue weighted by Gasteiger charge is -2.48. The van der Waals surface area contributed by atoms with Crippen molar-refractivity contribution in [2.45, 2.75) is 112 Å². The van der Waals surface area contributed by atoms with E-state index in [4.69, 9.17) is 14.2 Å². The van der Waals surface area contributed by atoms with E-state index in [0.717, 1.165) is 12.8 Å². The Labute approximate surface area is 181 Å². The predicted octanol–water partition coefficient (Wildman–Crippen LogP) is -2.48. The molecular formula is C21H37O10+. The summed E-state index contributed by atoms with van der Waals surface area (Å²) < 4.78 is 16.7. The Bertz CT molecular complexity index is 583. The average Bonchev–Trinajstić information content (AvgIpc) is 2.74. The van der Waals surface area contributed by atoms with Gasteiger partial charge in [-0.3, -0.25) is 0 Å². The molecule has 4 fully saturated rings. The lowest BCUT2D eigenvalue weighted by atomic mass is 9.73. The Hall–Kier alpha value is -0.400. The maximum Gasteiger partial charge on any atom is 0.187 e. The van der Waals surface area contributed by atoms with Gasteiger partial charge >= 0.3 is 0 Å². The van der Waals surface area contributed by atoms with Crippen molar-refractivity contribution in [1.29, 1.82) is 0 Å². The molecule has 4 rings (SSSR count). The molecule has 0 amide bonds. The van der Waals surface area contributed by atoms with Crippen molar-refractivity contribution in [3.05, 3.63) is 0 Å². The van der Waals surface area contributed by atoms with Crippen LogP contribution in [-0.4, -0.2) is 114 Å². The van der Waals surface area contributed by atoms with Crippen LogP contribution in [0.25, 0.3) is 0 Å². The first kappa shape index (κ1) is 23.7. The zero-order chi connectivity index (χ0) is 22.3. The molecule has 2 saturated carbocycles. The SMILES string of the molecule is OC[C@H]1O[C@@H](OC2CC3C(O)CC(O)CC3[OH+]C2C2CCC(O)CC2)[C@H](O)[C@@H](O)[C@@H]1O. The van der Waals surface area contributed by atoms with Crippen molar-refractivity contribution < 1.29 is 50.0 Å². The zero-order valence-corrected chi connectivity index (χ0v) is 17.6. The molecule has 0 spiro atoms. The summed E-state index contributed by atoms with van der Waals surface area (Å²) >= 11 is 0. The van der Waals surface area contributed by atoms with E-state index in [1.807, 2.05) is 0 Å². The van der Waals surface area contributed by atoms with Gasteiger partial charge in [0.15, 0.2) is 18.5 Å². The van der Waals surface area contributed by atoms with Gasteiger partial charge < -0.3 is 50.0 Å². The summed E-state index contributed by atoms with van der Waals surface area (Å²) in [4.78, 5) is 0. The van der Waals surface area contributed by atoms with Crippen LogP contribution in [0.1, 0.15) is 44.9 Å². The molecule has 4 aliphatic rings. The van der Waals surface area contributed by atoms with E-state index in [-0.39, 0.29) is 36.6 Å². The van der Waals surface area contributed by atoms with Crippen LogP contribution in [0.3, 0.4) is 0 Å². The molecule has 10 nitrogen and oxygen atoms in total. The summed E-state index contributed by atoms with van der Waals surface area (Å²) in [5.74, 6) is -0.0424. The highest BCUT2D eigenvalue weighted by Crippen LogP contribution is 2.42. The molecule has 2 aliphatic carbocycles. The second-order valence-electron chi connectivity index (χ2n) is 9.74. The number of fused-ring (bicyclic) bond motifs is 1. The van der Waals surface area contributed by atoms with Gasteiger partial charge in [-0.1, -0.05) is 0 Å². The number of hydrogen-bond acceptors (Lipinski definition) is 9. The van der Waals surface area contributed by atoms with Crippen LogP contribution in [0.2, 0.25) is 0 Å². The van der Waals surface area contributed by atoms with Crippen LogP contribution in [0.15, 0.2) is 0 Å². The third-order valence-electron chi connectivity index (χ3n) is 7.65. The molecule has 6 unspecified atom stereocenters. The van der Waals surface area contributed by atoms with E-state index in [1.165, 1.54) is 0 Å². The van der Waals surface area contributed by atoms with Gasteiger partial charge in [-0.05, 0) is 32.1 Å². The molecule has 0 aromatic rings. The van der Waals surface area contributed by atoms with E-state index in [1.54, 1.807) is 0 Å². The number of ether oxygens (including phenoxy) is 3. The number of aliphatic hydroxyl groups is 9. The summed E-state index contributed by atoms with van der Waals surface area (Å²) in [6.07, 6.45) is -5.29. The number of hydrogen-bond donors (Lipinski definition) is 7. The second-order valence-corrected chi connectivity index (χ2v) is 9.74. The largest absolute Gasteiger partial charge is 0.427 e. The fourth-order valence-electron chi connectivity index (χ4n) is 5.83. The van der Waals surface area contributed by atoms with Gasteiger partial charge in [0.05, 0.1) is 30.8 Å². The highest BCUT2D eigenvalue weighted by atomic mass is 16.7. The smallest absolute Gasteiger partial charge is 0.187 e. The first-order valence-corrected chi connectivity index (χ1v) is 11.5. The predicted molar refractivity (Wildman–Crippen MR) is 106 cm³/mol. The maximum atomic E-state index is 10.5. The number of aliphatic hydroxyl groups excluding tert-OH is 7. The third kappa shape index (κ3) is 4.93. The van der Waals surface area contributed by atoms with Crippen molar-refractivity contribution in [2.24, 2.45) is 11.8 Å². The minimum Gasteiger partial charge on any atom is -0.427 e. The van der Waals surface area contributed by atoms with Gasteiger partial charge in [0.25, 0.3) is 0 Å². The summed E-state index contributed by atoms with van der Waals surface area (Å²) in [5, 5.41) is 70.6. The standard InChI is InChI=1S/C21H36O10/c22-8-16-17(26)18(27)19(28)21(31-16)30-15-7-12-13(25)5-11(24)6-14(12)29-20(15)9-1-3-10(23)4-2-9/h9-28H,1-8H2/p+1/t9?,10?,11?,12?,13?,14?,15?,16-,17-,18+,19-,20?,21-/m1/s1. The van der Waals surface area contributed by atoms with E-state index in [2.05, 4.69) is 0 Å². The van der Waals surface area contributed by atoms with Gasteiger partial charge in [-0.15, -0.1) is 0 Å². The molecule has 180 valence electrons. The Morgan fingerprint density at radius 1 is 0.806 bits per heavy atom. The van der Waals surface area contributed by atoms with Crippen molar-refractivity contribution in [3.63, 3.8) is 0 Å². The minimum atomic E-state index is -1.53. The van der Waals surface area contributed by atoms with Crippen LogP contribution in [0.5, 0.6) is 0 Å². The maximum absolute atomic E-state index is 10.5. The first-order valence-electron chi connectivity index (χ1n) is 11.5. The molecule has 31 heavy (non-hydrogen) atoms. The minimum absolute atomic E-state index is 0.149. The summed E-state index contributed by atoms with van der Waals surface area (Å²) in [7, 11) is 0. The summed E-state index contributed by atoms with van der Waals surface area (Å²) in [5.41, 5.74) is 0. The van der Waals surface area contributed by atoms with Crippen molar-refractivity contribution in [2.75, 3.05) is 6.61 Å². The molecule has 10 heteroatoms. The second kappa shape index (κ2) is 9.84. The van der Waals surface area contributed by atoms with Crippen LogP contribution in [-0.2, 0) is 9.47 Å². The van der Waals surface area contributed by atoms with Crippen molar-refractivity contribution >= 4 is 0 Å². The van der Waals surface area contributed by atoms with E-state index in [0.29, 0.717) is 25.7 Å². The highest BCUT2D eigenvalue weighted by molar-refractivity contribution is 4.97. The topological polar surface area (TPSA) is 173 Å². The van der Waals surface area contributed by atoms with Gasteiger partial charge in [0, 0.05) is 18.8 Å². The van der Waals surface area contributed by atoms with Crippen molar-refractivity contribution in [1.82, 2.24) is 0 Å². The first-order chi connectivity index (χ1) is 14.8.